The van der Waals surface area contributed by atoms with Gasteiger partial charge in [0.1, 0.15) is 0 Å². The highest BCUT2D eigenvalue weighted by molar-refractivity contribution is 7.15. The van der Waals surface area contributed by atoms with Crippen LogP contribution in [0.25, 0.3) is 11.1 Å². The molecule has 0 unspecified atom stereocenters. The van der Waals surface area contributed by atoms with E-state index in [0.29, 0.717) is 11.6 Å². The zero-order valence-corrected chi connectivity index (χ0v) is 18.6. The van der Waals surface area contributed by atoms with E-state index >= 15 is 0 Å². The molecule has 0 aliphatic carbocycles. The van der Waals surface area contributed by atoms with Crippen LogP contribution in [-0.2, 0) is 30.7 Å². The number of nitrogens with zero attached hydrogens (tertiary/aromatic N) is 2. The molecule has 4 aromatic rings. The highest BCUT2D eigenvalue weighted by atomic mass is 32.1. The van der Waals surface area contributed by atoms with Crippen LogP contribution in [0, 0.1) is 0 Å². The van der Waals surface area contributed by atoms with Gasteiger partial charge in [-0.05, 0) is 22.3 Å². The van der Waals surface area contributed by atoms with Gasteiger partial charge in [0.2, 0.25) is 5.91 Å². The predicted molar refractivity (Wildman–Crippen MR) is 131 cm³/mol. The summed E-state index contributed by atoms with van der Waals surface area (Å²) in [6.07, 6.45) is 1.27. The lowest BCUT2D eigenvalue weighted by Crippen LogP contribution is -2.29. The van der Waals surface area contributed by atoms with Crippen molar-refractivity contribution in [3.63, 3.8) is 0 Å². The van der Waals surface area contributed by atoms with Crippen LogP contribution >= 0.6 is 11.3 Å². The third-order valence-electron chi connectivity index (χ3n) is 5.73. The van der Waals surface area contributed by atoms with E-state index in [-0.39, 0.29) is 5.91 Å². The van der Waals surface area contributed by atoms with E-state index in [1.165, 1.54) is 16.0 Å². The number of fused-ring (bicyclic) bond motifs is 1. The van der Waals surface area contributed by atoms with Crippen molar-refractivity contribution in [3.8, 4) is 11.1 Å². The molecular weight excluding hydrogens is 414 g/mol. The van der Waals surface area contributed by atoms with Gasteiger partial charge >= 0.3 is 0 Å². The maximum Gasteiger partial charge on any atom is 0.230 e. The summed E-state index contributed by atoms with van der Waals surface area (Å²) in [5, 5.41) is 3.72. The molecule has 1 aromatic heterocycles. The van der Waals surface area contributed by atoms with Gasteiger partial charge in [-0.25, -0.2) is 4.98 Å². The quantitative estimate of drug-likeness (QED) is 0.428. The number of rotatable bonds is 6. The molecule has 0 saturated heterocycles. The van der Waals surface area contributed by atoms with Crippen molar-refractivity contribution in [1.29, 1.82) is 0 Å². The fourth-order valence-electron chi connectivity index (χ4n) is 4.07. The third kappa shape index (κ3) is 4.96. The minimum atomic E-state index is -0.0234. The minimum absolute atomic E-state index is 0.0234. The first-order chi connectivity index (χ1) is 15.7. The third-order valence-corrected chi connectivity index (χ3v) is 6.73. The first kappa shape index (κ1) is 20.6. The van der Waals surface area contributed by atoms with Crippen LogP contribution < -0.4 is 5.32 Å². The molecule has 160 valence electrons. The molecule has 1 aliphatic rings. The average Bonchev–Trinajstić information content (AvgIpc) is 3.22. The van der Waals surface area contributed by atoms with Gasteiger partial charge in [-0.1, -0.05) is 84.9 Å². The van der Waals surface area contributed by atoms with E-state index < -0.39 is 0 Å². The SMILES string of the molecule is O=C(Cc1ccc(-c2ccccc2)cc1)Nc1nc2c(s1)CN(Cc1ccccc1)CC2. The predicted octanol–water partition coefficient (Wildman–Crippen LogP) is 5.55. The largest absolute Gasteiger partial charge is 0.302 e. The van der Waals surface area contributed by atoms with E-state index in [1.54, 1.807) is 11.3 Å². The first-order valence-electron chi connectivity index (χ1n) is 10.9. The number of thiazole rings is 1. The molecule has 0 bridgehead atoms. The molecule has 4 nitrogen and oxygen atoms in total. The topological polar surface area (TPSA) is 45.2 Å². The van der Waals surface area contributed by atoms with Gasteiger partial charge < -0.3 is 5.32 Å². The molecule has 0 radical (unpaired) electrons. The number of benzene rings is 3. The Balaban J connectivity index is 1.18. The molecule has 0 saturated carbocycles. The van der Waals surface area contributed by atoms with Crippen molar-refractivity contribution in [2.75, 3.05) is 11.9 Å². The Bertz CT molecular complexity index is 1190. The molecule has 2 heterocycles. The molecule has 5 heteroatoms. The Morgan fingerprint density at radius 3 is 2.31 bits per heavy atom. The van der Waals surface area contributed by atoms with Gasteiger partial charge in [-0.15, -0.1) is 11.3 Å². The van der Waals surface area contributed by atoms with Crippen LogP contribution in [0.4, 0.5) is 5.13 Å². The summed E-state index contributed by atoms with van der Waals surface area (Å²) in [4.78, 5) is 21.0. The lowest BCUT2D eigenvalue weighted by molar-refractivity contribution is -0.115. The van der Waals surface area contributed by atoms with Crippen LogP contribution in [0.3, 0.4) is 0 Å². The molecule has 0 spiro atoms. The molecule has 1 aliphatic heterocycles. The molecule has 32 heavy (non-hydrogen) atoms. The number of nitrogens with one attached hydrogen (secondary N) is 1. The molecule has 1 N–H and O–H groups in total. The standard InChI is InChI=1S/C27H25N3OS/c31-26(17-20-11-13-23(14-12-20)22-9-5-2-6-10-22)29-27-28-24-15-16-30(19-25(24)32-27)18-21-7-3-1-4-8-21/h1-14H,15-19H2,(H,28,29,31). The summed E-state index contributed by atoms with van der Waals surface area (Å²) in [6.45, 7) is 2.82. The number of carbonyl (C=O) groups is 1. The Hall–Kier alpha value is -3.28. The second kappa shape index (κ2) is 9.47. The summed E-state index contributed by atoms with van der Waals surface area (Å²) >= 11 is 1.60. The Labute approximate surface area is 192 Å². The van der Waals surface area contributed by atoms with Gasteiger partial charge in [0.05, 0.1) is 12.1 Å². The number of anilines is 1. The van der Waals surface area contributed by atoms with E-state index in [2.05, 4.69) is 63.7 Å². The highest BCUT2D eigenvalue weighted by Gasteiger charge is 2.21. The van der Waals surface area contributed by atoms with Gasteiger partial charge in [0.15, 0.2) is 5.13 Å². The second-order valence-electron chi connectivity index (χ2n) is 8.12. The summed E-state index contributed by atoms with van der Waals surface area (Å²) < 4.78 is 0. The van der Waals surface area contributed by atoms with Crippen LogP contribution in [0.1, 0.15) is 21.7 Å². The molecule has 0 fully saturated rings. The van der Waals surface area contributed by atoms with E-state index in [4.69, 9.17) is 0 Å². The fraction of sp³-hybridized carbons (Fsp3) is 0.185. The molecule has 1 amide bonds. The summed E-state index contributed by atoms with van der Waals surface area (Å²) in [6, 6.07) is 29.0. The number of hydrogen-bond donors (Lipinski definition) is 1. The van der Waals surface area contributed by atoms with Crippen molar-refractivity contribution < 1.29 is 4.79 Å². The smallest absolute Gasteiger partial charge is 0.230 e. The van der Waals surface area contributed by atoms with Crippen molar-refractivity contribution >= 4 is 22.4 Å². The summed E-state index contributed by atoms with van der Waals surface area (Å²) in [5.74, 6) is -0.0234. The van der Waals surface area contributed by atoms with Gasteiger partial charge in [-0.2, -0.15) is 0 Å². The van der Waals surface area contributed by atoms with E-state index in [0.717, 1.165) is 42.9 Å². The monoisotopic (exact) mass is 439 g/mol. The zero-order valence-electron chi connectivity index (χ0n) is 17.8. The number of carbonyl (C=O) groups excluding carboxylic acids is 1. The number of aromatic nitrogens is 1. The van der Waals surface area contributed by atoms with Crippen LogP contribution in [-0.4, -0.2) is 22.3 Å². The van der Waals surface area contributed by atoms with Crippen LogP contribution in [0.15, 0.2) is 84.9 Å². The van der Waals surface area contributed by atoms with Crippen molar-refractivity contribution in [1.82, 2.24) is 9.88 Å². The lowest BCUT2D eigenvalue weighted by atomic mass is 10.0. The lowest BCUT2D eigenvalue weighted by Gasteiger charge is -2.25. The van der Waals surface area contributed by atoms with E-state index in [1.807, 2.05) is 36.4 Å². The maximum absolute atomic E-state index is 12.6. The first-order valence-corrected chi connectivity index (χ1v) is 11.7. The fourth-order valence-corrected chi connectivity index (χ4v) is 5.14. The highest BCUT2D eigenvalue weighted by Crippen LogP contribution is 2.29. The Kier molecular flexibility index (Phi) is 6.10. The van der Waals surface area contributed by atoms with Gasteiger partial charge in [0.25, 0.3) is 0 Å². The summed E-state index contributed by atoms with van der Waals surface area (Å²) in [7, 11) is 0. The van der Waals surface area contributed by atoms with Crippen molar-refractivity contribution in [3.05, 3.63) is 107 Å². The van der Waals surface area contributed by atoms with Crippen LogP contribution in [0.2, 0.25) is 0 Å². The van der Waals surface area contributed by atoms with Crippen LogP contribution in [0.5, 0.6) is 0 Å². The van der Waals surface area contributed by atoms with E-state index in [9.17, 15) is 4.79 Å². The Morgan fingerprint density at radius 1 is 0.875 bits per heavy atom. The van der Waals surface area contributed by atoms with Gasteiger partial charge in [0, 0.05) is 30.9 Å². The molecule has 3 aromatic carbocycles. The molecule has 5 rings (SSSR count). The Morgan fingerprint density at radius 2 is 1.56 bits per heavy atom. The van der Waals surface area contributed by atoms with Crippen molar-refractivity contribution in [2.45, 2.75) is 25.9 Å². The normalized spacial score (nSPS) is 13.5. The molecule has 0 atom stereocenters. The molecular formula is C27H25N3OS. The number of hydrogen-bond acceptors (Lipinski definition) is 4. The number of amides is 1. The maximum atomic E-state index is 12.6. The minimum Gasteiger partial charge on any atom is -0.302 e. The second-order valence-corrected chi connectivity index (χ2v) is 9.21. The summed E-state index contributed by atoms with van der Waals surface area (Å²) in [5.41, 5.74) is 5.78. The van der Waals surface area contributed by atoms with Crippen molar-refractivity contribution in [2.24, 2.45) is 0 Å². The average molecular weight is 440 g/mol. The van der Waals surface area contributed by atoms with Gasteiger partial charge in [-0.3, -0.25) is 9.69 Å². The zero-order chi connectivity index (χ0) is 21.8.